The van der Waals surface area contributed by atoms with E-state index in [1.165, 1.54) is 0 Å². The predicted molar refractivity (Wildman–Crippen MR) is 41.9 cm³/mol. The van der Waals surface area contributed by atoms with Gasteiger partial charge in [0.1, 0.15) is 0 Å². The van der Waals surface area contributed by atoms with E-state index in [4.69, 9.17) is 0 Å². The summed E-state index contributed by atoms with van der Waals surface area (Å²) in [5.41, 5.74) is 1.05. The fourth-order valence-corrected chi connectivity index (χ4v) is 0.331. The van der Waals surface area contributed by atoms with E-state index in [0.717, 1.165) is 5.71 Å². The first kappa shape index (κ1) is 8.21. The minimum absolute atomic E-state index is 1.05. The van der Waals surface area contributed by atoms with Crippen LogP contribution < -0.4 is 0 Å². The quantitative estimate of drug-likeness (QED) is 0.507. The molecule has 0 saturated carbocycles. The van der Waals surface area contributed by atoms with Gasteiger partial charge in [0.25, 0.3) is 0 Å². The Kier molecular flexibility index (Phi) is 3.76. The van der Waals surface area contributed by atoms with Crippen LogP contribution in [0.3, 0.4) is 0 Å². The van der Waals surface area contributed by atoms with Gasteiger partial charge in [-0.25, -0.2) is 0 Å². The lowest BCUT2D eigenvalue weighted by Crippen LogP contribution is -2.01. The van der Waals surface area contributed by atoms with E-state index in [1.54, 1.807) is 7.05 Å². The highest BCUT2D eigenvalue weighted by molar-refractivity contribution is 5.92. The fourth-order valence-electron chi connectivity index (χ4n) is 0.331. The van der Waals surface area contributed by atoms with Crippen LogP contribution in [-0.2, 0) is 0 Å². The third-order valence-corrected chi connectivity index (χ3v) is 0.967. The van der Waals surface area contributed by atoms with Crippen LogP contribution in [0, 0.1) is 0 Å². The van der Waals surface area contributed by atoms with E-state index in [0.29, 0.717) is 0 Å². The molecule has 0 radical (unpaired) electrons. The van der Waals surface area contributed by atoms with Gasteiger partial charge in [-0.1, -0.05) is 0 Å². The monoisotopic (exact) mass is 126 g/mol. The molecule has 0 aromatic rings. The van der Waals surface area contributed by atoms with E-state index in [2.05, 4.69) is 4.99 Å². The van der Waals surface area contributed by atoms with Gasteiger partial charge in [-0.15, -0.1) is 0 Å². The molecule has 9 heavy (non-hydrogen) atoms. The molecule has 0 bridgehead atoms. The molecule has 0 heterocycles. The number of hydrogen-bond donors (Lipinski definition) is 0. The third kappa shape index (κ3) is 5.07. The highest BCUT2D eigenvalue weighted by Gasteiger charge is 1.78. The van der Waals surface area contributed by atoms with E-state index >= 15 is 0 Å². The highest BCUT2D eigenvalue weighted by Crippen LogP contribution is 1.80. The lowest BCUT2D eigenvalue weighted by atomic mass is 10.4. The summed E-state index contributed by atoms with van der Waals surface area (Å²) in [7, 11) is 5.76. The zero-order valence-electron chi connectivity index (χ0n) is 6.55. The molecule has 0 unspecified atom stereocenters. The topological polar surface area (TPSA) is 15.6 Å². The van der Waals surface area contributed by atoms with Gasteiger partial charge in [-0.3, -0.25) is 4.99 Å². The maximum absolute atomic E-state index is 3.96. The molecule has 0 aromatic heterocycles. The maximum Gasteiger partial charge on any atom is 0.0328 e. The molecule has 0 rings (SSSR count). The van der Waals surface area contributed by atoms with Crippen molar-refractivity contribution in [1.29, 1.82) is 0 Å². The number of allylic oxidation sites excluding steroid dienone is 1. The largest absolute Gasteiger partial charge is 0.383 e. The Morgan fingerprint density at radius 1 is 1.44 bits per heavy atom. The van der Waals surface area contributed by atoms with Crippen molar-refractivity contribution in [1.82, 2.24) is 4.90 Å². The van der Waals surface area contributed by atoms with Gasteiger partial charge >= 0.3 is 0 Å². The molecule has 0 fully saturated rings. The van der Waals surface area contributed by atoms with Gasteiger partial charge < -0.3 is 4.90 Å². The SMILES string of the molecule is CN=C(C)C=CN(C)C. The number of rotatable bonds is 2. The van der Waals surface area contributed by atoms with Crippen molar-refractivity contribution in [3.05, 3.63) is 12.3 Å². The predicted octanol–water partition coefficient (Wildman–Crippen LogP) is 1.15. The second-order valence-electron chi connectivity index (χ2n) is 2.14. The zero-order valence-corrected chi connectivity index (χ0v) is 6.55. The van der Waals surface area contributed by atoms with Crippen molar-refractivity contribution >= 4 is 5.71 Å². The van der Waals surface area contributed by atoms with Gasteiger partial charge in [0, 0.05) is 33.1 Å². The molecular formula is C7H14N2. The normalized spacial score (nSPS) is 12.7. The smallest absolute Gasteiger partial charge is 0.0328 e. The second kappa shape index (κ2) is 4.13. The van der Waals surface area contributed by atoms with Crippen molar-refractivity contribution in [2.24, 2.45) is 4.99 Å². The van der Waals surface area contributed by atoms with E-state index in [9.17, 15) is 0 Å². The minimum Gasteiger partial charge on any atom is -0.383 e. The van der Waals surface area contributed by atoms with Crippen molar-refractivity contribution in [2.75, 3.05) is 21.1 Å². The summed E-state index contributed by atoms with van der Waals surface area (Å²) in [4.78, 5) is 5.94. The number of aliphatic imine (C=N–C) groups is 1. The standard InChI is InChI=1S/C7H14N2/c1-7(8-2)5-6-9(3)4/h5-6H,1-4H3. The summed E-state index contributed by atoms with van der Waals surface area (Å²) in [6.07, 6.45) is 3.95. The zero-order chi connectivity index (χ0) is 7.28. The molecule has 0 aliphatic carbocycles. The lowest BCUT2D eigenvalue weighted by molar-refractivity contribution is 0.564. The van der Waals surface area contributed by atoms with Crippen LogP contribution in [0.25, 0.3) is 0 Å². The van der Waals surface area contributed by atoms with Crippen LogP contribution in [0.5, 0.6) is 0 Å². The molecule has 0 amide bonds. The van der Waals surface area contributed by atoms with Crippen molar-refractivity contribution in [3.8, 4) is 0 Å². The Balaban J connectivity index is 3.71. The number of nitrogens with zero attached hydrogens (tertiary/aromatic N) is 2. The first-order chi connectivity index (χ1) is 4.16. The molecule has 0 aliphatic heterocycles. The summed E-state index contributed by atoms with van der Waals surface area (Å²) in [6, 6.07) is 0. The molecule has 0 N–H and O–H groups in total. The molecule has 2 nitrogen and oxygen atoms in total. The summed E-state index contributed by atoms with van der Waals surface area (Å²) < 4.78 is 0. The molecular weight excluding hydrogens is 112 g/mol. The Hall–Kier alpha value is -0.790. The molecule has 0 atom stereocenters. The van der Waals surface area contributed by atoms with Crippen LogP contribution in [-0.4, -0.2) is 31.8 Å². The first-order valence-corrected chi connectivity index (χ1v) is 2.95. The highest BCUT2D eigenvalue weighted by atomic mass is 15.0. The van der Waals surface area contributed by atoms with Crippen LogP contribution in [0.2, 0.25) is 0 Å². The molecule has 0 aromatic carbocycles. The first-order valence-electron chi connectivity index (χ1n) is 2.95. The Labute approximate surface area is 56.9 Å². The van der Waals surface area contributed by atoms with Crippen molar-refractivity contribution < 1.29 is 0 Å². The van der Waals surface area contributed by atoms with Gasteiger partial charge in [-0.2, -0.15) is 0 Å². The maximum atomic E-state index is 3.96. The van der Waals surface area contributed by atoms with Crippen LogP contribution in [0.15, 0.2) is 17.3 Å². The van der Waals surface area contributed by atoms with E-state index < -0.39 is 0 Å². The molecule has 2 heteroatoms. The van der Waals surface area contributed by atoms with Gasteiger partial charge in [0.15, 0.2) is 0 Å². The van der Waals surface area contributed by atoms with Crippen LogP contribution in [0.4, 0.5) is 0 Å². The molecule has 0 aliphatic rings. The molecule has 52 valence electrons. The Morgan fingerprint density at radius 2 is 2.00 bits per heavy atom. The summed E-state index contributed by atoms with van der Waals surface area (Å²) in [5, 5.41) is 0. The molecule has 0 saturated heterocycles. The van der Waals surface area contributed by atoms with Crippen LogP contribution in [0.1, 0.15) is 6.92 Å². The Morgan fingerprint density at radius 3 is 2.33 bits per heavy atom. The van der Waals surface area contributed by atoms with Crippen LogP contribution >= 0.6 is 0 Å². The van der Waals surface area contributed by atoms with Gasteiger partial charge in [0.05, 0.1) is 0 Å². The summed E-state index contributed by atoms with van der Waals surface area (Å²) in [6.45, 7) is 1.97. The summed E-state index contributed by atoms with van der Waals surface area (Å²) >= 11 is 0. The average Bonchev–Trinajstić information content (AvgIpc) is 1.83. The van der Waals surface area contributed by atoms with Gasteiger partial charge in [-0.05, 0) is 13.0 Å². The minimum atomic E-state index is 1.05. The molecule has 0 spiro atoms. The Bertz CT molecular complexity index is 123. The fraction of sp³-hybridized carbons (Fsp3) is 0.571. The second-order valence-corrected chi connectivity index (χ2v) is 2.14. The van der Waals surface area contributed by atoms with E-state index in [-0.39, 0.29) is 0 Å². The average molecular weight is 126 g/mol. The third-order valence-electron chi connectivity index (χ3n) is 0.967. The summed E-state index contributed by atoms with van der Waals surface area (Å²) in [5.74, 6) is 0. The van der Waals surface area contributed by atoms with Crippen molar-refractivity contribution in [2.45, 2.75) is 6.92 Å². The van der Waals surface area contributed by atoms with Crippen molar-refractivity contribution in [3.63, 3.8) is 0 Å². The lowest BCUT2D eigenvalue weighted by Gasteiger charge is -2.01. The number of hydrogen-bond acceptors (Lipinski definition) is 2. The van der Waals surface area contributed by atoms with E-state index in [1.807, 2.05) is 38.2 Å². The van der Waals surface area contributed by atoms with Gasteiger partial charge in [0.2, 0.25) is 0 Å².